The molecule has 1 saturated heterocycles. The third-order valence-corrected chi connectivity index (χ3v) is 3.89. The lowest BCUT2D eigenvalue weighted by molar-refractivity contribution is -0.142. The number of carbonyl (C=O) groups is 2. The number of likely N-dealkylation sites (tertiary alicyclic amines) is 1. The van der Waals surface area contributed by atoms with Gasteiger partial charge in [-0.25, -0.2) is 9.59 Å². The van der Waals surface area contributed by atoms with Gasteiger partial charge >= 0.3 is 17.6 Å². The van der Waals surface area contributed by atoms with Gasteiger partial charge in [0, 0.05) is 19.6 Å². The van der Waals surface area contributed by atoms with Crippen LogP contribution in [0.25, 0.3) is 0 Å². The molecule has 2 atom stereocenters. The molecule has 0 spiro atoms. The van der Waals surface area contributed by atoms with Gasteiger partial charge in [0.15, 0.2) is 0 Å². The van der Waals surface area contributed by atoms with Crippen molar-refractivity contribution in [2.75, 3.05) is 13.1 Å². The number of hydrogen-bond donors (Lipinski definition) is 4. The summed E-state index contributed by atoms with van der Waals surface area (Å²) in [5, 5.41) is 18.3. The third kappa shape index (κ3) is 3.33. The lowest BCUT2D eigenvalue weighted by atomic mass is 9.92. The summed E-state index contributed by atoms with van der Waals surface area (Å²) in [6.07, 6.45) is 1.73. The van der Waals surface area contributed by atoms with E-state index < -0.39 is 23.5 Å². The first kappa shape index (κ1) is 15.3. The van der Waals surface area contributed by atoms with Crippen molar-refractivity contribution in [2.24, 2.45) is 11.8 Å². The van der Waals surface area contributed by atoms with E-state index in [4.69, 9.17) is 5.11 Å². The van der Waals surface area contributed by atoms with Gasteiger partial charge in [-0.05, 0) is 12.3 Å². The van der Waals surface area contributed by atoms with Crippen molar-refractivity contribution in [3.05, 3.63) is 21.9 Å². The van der Waals surface area contributed by atoms with E-state index in [1.165, 1.54) is 0 Å². The van der Waals surface area contributed by atoms with Crippen molar-refractivity contribution >= 4 is 11.9 Å². The number of carboxylic acids is 2. The minimum Gasteiger partial charge on any atom is -0.481 e. The van der Waals surface area contributed by atoms with E-state index in [0.29, 0.717) is 13.1 Å². The number of hydrogen-bond acceptors (Lipinski definition) is 4. The molecule has 1 aliphatic heterocycles. The second-order valence-corrected chi connectivity index (χ2v) is 5.43. The molecule has 0 aliphatic carbocycles. The Morgan fingerprint density at radius 2 is 2.00 bits per heavy atom. The van der Waals surface area contributed by atoms with E-state index in [-0.39, 0.29) is 23.9 Å². The summed E-state index contributed by atoms with van der Waals surface area (Å²) in [5.41, 5.74) is -0.443. The SMILES string of the molecule is CCC[C@@H]1CN(Cc2[nH]c(=O)[nH]c2C(=O)O)C[C@H]1C(=O)O. The summed E-state index contributed by atoms with van der Waals surface area (Å²) in [4.78, 5) is 40.1. The van der Waals surface area contributed by atoms with E-state index in [0.717, 1.165) is 12.8 Å². The Labute approximate surface area is 120 Å². The number of aromatic amines is 2. The Kier molecular flexibility index (Phi) is 4.46. The monoisotopic (exact) mass is 297 g/mol. The zero-order valence-electron chi connectivity index (χ0n) is 11.8. The van der Waals surface area contributed by atoms with Crippen molar-refractivity contribution in [2.45, 2.75) is 26.3 Å². The molecule has 0 amide bonds. The number of aromatic nitrogens is 2. The van der Waals surface area contributed by atoms with Crippen LogP contribution in [0.5, 0.6) is 0 Å². The predicted octanol–water partition coefficient (Wildman–Crippen LogP) is 0.334. The molecule has 1 aliphatic rings. The standard InChI is InChI=1S/C13H19N3O5/c1-2-3-7-4-16(5-8(7)11(17)18)6-9-10(12(19)20)15-13(21)14-9/h7-8H,2-6H2,1H3,(H,17,18)(H,19,20)(H2,14,15,21)/t7-,8-/m1/s1. The molecule has 1 aromatic rings. The highest BCUT2D eigenvalue weighted by atomic mass is 16.4. The molecule has 4 N–H and O–H groups in total. The maximum Gasteiger partial charge on any atom is 0.354 e. The summed E-state index contributed by atoms with van der Waals surface area (Å²) in [5.74, 6) is -2.41. The molecule has 2 heterocycles. The van der Waals surface area contributed by atoms with Gasteiger partial charge in [-0.15, -0.1) is 0 Å². The van der Waals surface area contributed by atoms with Crippen molar-refractivity contribution < 1.29 is 19.8 Å². The van der Waals surface area contributed by atoms with Crippen LogP contribution in [0.1, 0.15) is 35.9 Å². The maximum atomic E-state index is 11.3. The molecular formula is C13H19N3O5. The average Bonchev–Trinajstić information content (AvgIpc) is 2.94. The van der Waals surface area contributed by atoms with Crippen LogP contribution in [0.3, 0.4) is 0 Å². The predicted molar refractivity (Wildman–Crippen MR) is 73.2 cm³/mol. The highest BCUT2D eigenvalue weighted by Gasteiger charge is 2.37. The van der Waals surface area contributed by atoms with Gasteiger partial charge in [0.2, 0.25) is 0 Å². The van der Waals surface area contributed by atoms with Gasteiger partial charge in [-0.2, -0.15) is 0 Å². The van der Waals surface area contributed by atoms with Gasteiger partial charge in [0.25, 0.3) is 0 Å². The van der Waals surface area contributed by atoms with E-state index in [2.05, 4.69) is 9.97 Å². The number of imidazole rings is 1. The molecule has 8 nitrogen and oxygen atoms in total. The highest BCUT2D eigenvalue weighted by molar-refractivity contribution is 5.86. The Bertz CT molecular complexity index is 591. The molecule has 0 aromatic carbocycles. The van der Waals surface area contributed by atoms with Crippen molar-refractivity contribution in [3.63, 3.8) is 0 Å². The average molecular weight is 297 g/mol. The van der Waals surface area contributed by atoms with Crippen LogP contribution in [0.4, 0.5) is 0 Å². The Morgan fingerprint density at radius 3 is 2.57 bits per heavy atom. The molecule has 0 bridgehead atoms. The second kappa shape index (κ2) is 6.13. The van der Waals surface area contributed by atoms with Gasteiger partial charge in [0.1, 0.15) is 5.69 Å². The lowest BCUT2D eigenvalue weighted by Crippen LogP contribution is -2.24. The van der Waals surface area contributed by atoms with Crippen LogP contribution in [-0.4, -0.2) is 50.1 Å². The van der Waals surface area contributed by atoms with Crippen LogP contribution in [0.15, 0.2) is 4.79 Å². The lowest BCUT2D eigenvalue weighted by Gasteiger charge is -2.14. The molecule has 0 radical (unpaired) electrons. The zero-order valence-corrected chi connectivity index (χ0v) is 11.8. The fourth-order valence-corrected chi connectivity index (χ4v) is 2.98. The van der Waals surface area contributed by atoms with Crippen LogP contribution in [-0.2, 0) is 11.3 Å². The van der Waals surface area contributed by atoms with Gasteiger partial charge in [-0.1, -0.05) is 13.3 Å². The van der Waals surface area contributed by atoms with Crippen LogP contribution >= 0.6 is 0 Å². The molecule has 1 aromatic heterocycles. The first-order valence-electron chi connectivity index (χ1n) is 6.92. The smallest absolute Gasteiger partial charge is 0.354 e. The second-order valence-electron chi connectivity index (χ2n) is 5.43. The number of H-pyrrole nitrogens is 2. The number of nitrogens with one attached hydrogen (secondary N) is 2. The maximum absolute atomic E-state index is 11.3. The number of nitrogens with zero attached hydrogens (tertiary/aromatic N) is 1. The summed E-state index contributed by atoms with van der Waals surface area (Å²) in [6.45, 7) is 3.20. The fourth-order valence-electron chi connectivity index (χ4n) is 2.98. The van der Waals surface area contributed by atoms with Crippen LogP contribution < -0.4 is 5.69 Å². The summed E-state index contributed by atoms with van der Waals surface area (Å²) in [6, 6.07) is 0. The van der Waals surface area contributed by atoms with E-state index in [1.807, 2.05) is 11.8 Å². The Balaban J connectivity index is 2.12. The van der Waals surface area contributed by atoms with Crippen molar-refractivity contribution in [1.82, 2.24) is 14.9 Å². The van der Waals surface area contributed by atoms with Crippen LogP contribution in [0.2, 0.25) is 0 Å². The Hall–Kier alpha value is -2.09. The van der Waals surface area contributed by atoms with E-state index in [1.54, 1.807) is 0 Å². The molecule has 0 saturated carbocycles. The minimum absolute atomic E-state index is 0.0615. The largest absolute Gasteiger partial charge is 0.481 e. The van der Waals surface area contributed by atoms with Gasteiger partial charge in [-0.3, -0.25) is 14.7 Å². The molecule has 1 fully saturated rings. The third-order valence-electron chi connectivity index (χ3n) is 3.89. The first-order valence-corrected chi connectivity index (χ1v) is 6.92. The number of aromatic carboxylic acids is 1. The molecular weight excluding hydrogens is 278 g/mol. The quantitative estimate of drug-likeness (QED) is 0.599. The van der Waals surface area contributed by atoms with E-state index >= 15 is 0 Å². The first-order chi connectivity index (χ1) is 9.92. The minimum atomic E-state index is -1.21. The summed E-state index contributed by atoms with van der Waals surface area (Å²) >= 11 is 0. The number of rotatable bonds is 6. The summed E-state index contributed by atoms with van der Waals surface area (Å²) < 4.78 is 0. The van der Waals surface area contributed by atoms with Crippen LogP contribution in [0, 0.1) is 11.8 Å². The molecule has 8 heteroatoms. The number of aliphatic carboxylic acids is 1. The Morgan fingerprint density at radius 1 is 1.29 bits per heavy atom. The normalized spacial score (nSPS) is 22.5. The molecule has 2 rings (SSSR count). The topological polar surface area (TPSA) is 126 Å². The van der Waals surface area contributed by atoms with Crippen molar-refractivity contribution in [1.29, 1.82) is 0 Å². The van der Waals surface area contributed by atoms with Crippen molar-refractivity contribution in [3.8, 4) is 0 Å². The van der Waals surface area contributed by atoms with E-state index in [9.17, 15) is 19.5 Å². The summed E-state index contributed by atoms with van der Waals surface area (Å²) in [7, 11) is 0. The van der Waals surface area contributed by atoms with Gasteiger partial charge < -0.3 is 15.2 Å². The molecule has 0 unspecified atom stereocenters. The molecule has 21 heavy (non-hydrogen) atoms. The van der Waals surface area contributed by atoms with Gasteiger partial charge in [0.05, 0.1) is 11.6 Å². The molecule has 116 valence electrons. The fraction of sp³-hybridized carbons (Fsp3) is 0.615. The number of carboxylic acid groups (broad SMARTS) is 2. The highest BCUT2D eigenvalue weighted by Crippen LogP contribution is 2.28. The zero-order chi connectivity index (χ0) is 15.6.